The van der Waals surface area contributed by atoms with Gasteiger partial charge < -0.3 is 20.9 Å². The van der Waals surface area contributed by atoms with Gasteiger partial charge in [-0.3, -0.25) is 0 Å². The van der Waals surface area contributed by atoms with Crippen LogP contribution in [0.3, 0.4) is 0 Å². The van der Waals surface area contributed by atoms with Crippen LogP contribution in [0.1, 0.15) is 18.4 Å². The van der Waals surface area contributed by atoms with E-state index in [9.17, 15) is 0 Å². The molecule has 1 aromatic rings. The topological polar surface area (TPSA) is 82.1 Å². The van der Waals surface area contributed by atoms with Gasteiger partial charge in [-0.05, 0) is 52.9 Å². The van der Waals surface area contributed by atoms with Crippen LogP contribution in [-0.2, 0) is 0 Å². The number of benzene rings is 1. The van der Waals surface area contributed by atoms with Gasteiger partial charge in [0.2, 0.25) is 0 Å². The number of nitrogens with zero attached hydrogens (tertiary/aromatic N) is 2. The molecule has 0 aliphatic carbocycles. The van der Waals surface area contributed by atoms with Gasteiger partial charge in [0.25, 0.3) is 0 Å². The van der Waals surface area contributed by atoms with E-state index in [1.54, 1.807) is 0 Å². The highest BCUT2D eigenvalue weighted by molar-refractivity contribution is 9.10. The summed E-state index contributed by atoms with van der Waals surface area (Å²) in [7, 11) is 0. The molecule has 5 nitrogen and oxygen atoms in total. The summed E-state index contributed by atoms with van der Waals surface area (Å²) in [6.07, 6.45) is 2.01. The van der Waals surface area contributed by atoms with E-state index in [1.807, 2.05) is 18.2 Å². The Hall–Kier alpha value is -1.27. The van der Waals surface area contributed by atoms with Crippen molar-refractivity contribution in [3.8, 4) is 0 Å². The Morgan fingerprint density at radius 1 is 1.42 bits per heavy atom. The van der Waals surface area contributed by atoms with Crippen molar-refractivity contribution in [1.82, 2.24) is 0 Å². The molecule has 19 heavy (non-hydrogen) atoms. The Morgan fingerprint density at radius 2 is 2.11 bits per heavy atom. The zero-order chi connectivity index (χ0) is 13.8. The number of halogens is 1. The number of piperidine rings is 1. The average Bonchev–Trinajstić information content (AvgIpc) is 2.46. The number of anilines is 1. The first-order chi connectivity index (χ1) is 9.15. The molecule has 6 heteroatoms. The summed E-state index contributed by atoms with van der Waals surface area (Å²) >= 11 is 3.53. The van der Waals surface area contributed by atoms with Crippen LogP contribution in [0.4, 0.5) is 5.69 Å². The molecule has 1 aliphatic heterocycles. The molecule has 104 valence electrons. The second-order valence-corrected chi connectivity index (χ2v) is 5.62. The van der Waals surface area contributed by atoms with Crippen molar-refractivity contribution in [3.63, 3.8) is 0 Å². The second-order valence-electron chi connectivity index (χ2n) is 4.76. The largest absolute Gasteiger partial charge is 0.409 e. The fraction of sp³-hybridized carbons (Fsp3) is 0.462. The van der Waals surface area contributed by atoms with Gasteiger partial charge in [-0.2, -0.15) is 0 Å². The Morgan fingerprint density at radius 3 is 2.63 bits per heavy atom. The van der Waals surface area contributed by atoms with E-state index in [0.717, 1.165) is 36.1 Å². The lowest BCUT2D eigenvalue weighted by Gasteiger charge is -2.33. The normalized spacial score (nSPS) is 17.8. The van der Waals surface area contributed by atoms with Gasteiger partial charge in [0.05, 0.1) is 5.69 Å². The fourth-order valence-corrected chi connectivity index (χ4v) is 2.97. The molecule has 0 atom stereocenters. The van der Waals surface area contributed by atoms with Gasteiger partial charge >= 0.3 is 0 Å². The molecular formula is C13H18BrN3O2. The van der Waals surface area contributed by atoms with E-state index < -0.39 is 0 Å². The maximum atomic E-state index is 9.15. The Kier molecular flexibility index (Phi) is 4.66. The van der Waals surface area contributed by atoms with Crippen molar-refractivity contribution in [2.45, 2.75) is 12.8 Å². The van der Waals surface area contributed by atoms with Gasteiger partial charge in [0.1, 0.15) is 0 Å². The average molecular weight is 328 g/mol. The highest BCUT2D eigenvalue weighted by atomic mass is 79.9. The Labute approximate surface area is 120 Å². The van der Waals surface area contributed by atoms with Crippen molar-refractivity contribution in [2.24, 2.45) is 16.8 Å². The summed E-state index contributed by atoms with van der Waals surface area (Å²) < 4.78 is 0.930. The van der Waals surface area contributed by atoms with Gasteiger partial charge in [-0.25, -0.2) is 0 Å². The quantitative estimate of drug-likeness (QED) is 0.342. The van der Waals surface area contributed by atoms with Crippen LogP contribution in [0.5, 0.6) is 0 Å². The summed E-state index contributed by atoms with van der Waals surface area (Å²) in [6, 6.07) is 5.66. The molecule has 1 aliphatic rings. The van der Waals surface area contributed by atoms with Gasteiger partial charge in [-0.1, -0.05) is 5.16 Å². The molecule has 0 aromatic heterocycles. The molecule has 1 aromatic carbocycles. The molecule has 1 heterocycles. The third-order valence-electron chi connectivity index (χ3n) is 3.56. The van der Waals surface area contributed by atoms with Crippen LogP contribution in [0.25, 0.3) is 0 Å². The lowest BCUT2D eigenvalue weighted by atomic mass is 9.97. The zero-order valence-corrected chi connectivity index (χ0v) is 12.2. The van der Waals surface area contributed by atoms with Gasteiger partial charge in [0, 0.05) is 29.7 Å². The molecule has 0 amide bonds. The molecule has 0 unspecified atom stereocenters. The minimum atomic E-state index is 0.103. The molecule has 0 saturated carbocycles. The van der Waals surface area contributed by atoms with E-state index >= 15 is 0 Å². The number of oxime groups is 1. The van der Waals surface area contributed by atoms with E-state index in [-0.39, 0.29) is 12.4 Å². The highest BCUT2D eigenvalue weighted by Gasteiger charge is 2.20. The first kappa shape index (κ1) is 14.1. The first-order valence-electron chi connectivity index (χ1n) is 6.29. The van der Waals surface area contributed by atoms with Crippen LogP contribution in [-0.4, -0.2) is 35.8 Å². The second kappa shape index (κ2) is 6.25. The highest BCUT2D eigenvalue weighted by Crippen LogP contribution is 2.30. The third kappa shape index (κ3) is 3.19. The number of hydrogen-bond acceptors (Lipinski definition) is 4. The van der Waals surface area contributed by atoms with Crippen LogP contribution < -0.4 is 10.6 Å². The van der Waals surface area contributed by atoms with E-state index in [4.69, 9.17) is 16.0 Å². The molecule has 4 N–H and O–H groups in total. The predicted molar refractivity (Wildman–Crippen MR) is 78.7 cm³/mol. The number of aliphatic hydroxyl groups excluding tert-OH is 1. The van der Waals surface area contributed by atoms with Crippen LogP contribution in [0.2, 0.25) is 0 Å². The fourth-order valence-electron chi connectivity index (χ4n) is 2.34. The minimum absolute atomic E-state index is 0.103. The van der Waals surface area contributed by atoms with Crippen LogP contribution in [0.15, 0.2) is 27.8 Å². The third-order valence-corrected chi connectivity index (χ3v) is 4.20. The predicted octanol–water partition coefficient (Wildman–Crippen LogP) is 1.75. The number of hydrogen-bond donors (Lipinski definition) is 3. The first-order valence-corrected chi connectivity index (χ1v) is 7.08. The monoisotopic (exact) mass is 327 g/mol. The molecule has 2 rings (SSSR count). The van der Waals surface area contributed by atoms with Crippen molar-refractivity contribution < 1.29 is 10.3 Å². The molecule has 0 spiro atoms. The lowest BCUT2D eigenvalue weighted by Crippen LogP contribution is -2.35. The van der Waals surface area contributed by atoms with Gasteiger partial charge in [-0.15, -0.1) is 0 Å². The van der Waals surface area contributed by atoms with Gasteiger partial charge in [0.15, 0.2) is 5.84 Å². The van der Waals surface area contributed by atoms with Crippen LogP contribution >= 0.6 is 15.9 Å². The minimum Gasteiger partial charge on any atom is -0.409 e. The standard InChI is InChI=1S/C13H18BrN3O2/c14-11-7-10(13(15)16-19)1-2-12(11)17-5-3-9(8-18)4-6-17/h1-2,7,9,18-19H,3-6,8H2,(H2,15,16). The number of rotatable bonds is 3. The summed E-state index contributed by atoms with van der Waals surface area (Å²) in [5.41, 5.74) is 7.35. The molecule has 1 saturated heterocycles. The summed E-state index contributed by atoms with van der Waals surface area (Å²) in [4.78, 5) is 2.28. The SMILES string of the molecule is N/C(=N/O)c1ccc(N2CCC(CO)CC2)c(Br)c1. The summed E-state index contributed by atoms with van der Waals surface area (Å²) in [5.74, 6) is 0.526. The van der Waals surface area contributed by atoms with Crippen LogP contribution in [0, 0.1) is 5.92 Å². The zero-order valence-electron chi connectivity index (χ0n) is 10.6. The van der Waals surface area contributed by atoms with Crippen molar-refractivity contribution in [2.75, 3.05) is 24.6 Å². The molecule has 1 fully saturated rings. The smallest absolute Gasteiger partial charge is 0.170 e. The van der Waals surface area contributed by atoms with E-state index in [2.05, 4.69) is 26.0 Å². The Bertz CT molecular complexity index is 471. The molecule has 0 bridgehead atoms. The number of aliphatic hydroxyl groups is 1. The maximum Gasteiger partial charge on any atom is 0.170 e. The summed E-state index contributed by atoms with van der Waals surface area (Å²) in [5, 5.41) is 20.8. The van der Waals surface area contributed by atoms with Crippen molar-refractivity contribution >= 4 is 27.5 Å². The lowest BCUT2D eigenvalue weighted by molar-refractivity contribution is 0.203. The van der Waals surface area contributed by atoms with Crippen molar-refractivity contribution in [3.05, 3.63) is 28.2 Å². The number of nitrogens with two attached hydrogens (primary N) is 1. The van der Waals surface area contributed by atoms with E-state index in [0.29, 0.717) is 11.5 Å². The molecular weight excluding hydrogens is 310 g/mol. The van der Waals surface area contributed by atoms with Crippen molar-refractivity contribution in [1.29, 1.82) is 0 Å². The molecule has 0 radical (unpaired) electrons. The number of amidine groups is 1. The summed E-state index contributed by atoms with van der Waals surface area (Å²) in [6.45, 7) is 2.15. The maximum absolute atomic E-state index is 9.15. The Balaban J connectivity index is 2.14. The van der Waals surface area contributed by atoms with E-state index in [1.165, 1.54) is 0 Å².